The summed E-state index contributed by atoms with van der Waals surface area (Å²) in [6, 6.07) is 0. The molecule has 0 aromatic rings. The Balaban J connectivity index is 2.00. The van der Waals surface area contributed by atoms with E-state index >= 15 is 0 Å². The van der Waals surface area contributed by atoms with Crippen molar-refractivity contribution in [3.63, 3.8) is 0 Å². The number of hydrogen-bond donors (Lipinski definition) is 0. The van der Waals surface area contributed by atoms with Crippen LogP contribution in [0.25, 0.3) is 0 Å². The molecule has 14 heavy (non-hydrogen) atoms. The van der Waals surface area contributed by atoms with Gasteiger partial charge in [-0.15, -0.1) is 0 Å². The molecule has 5 atom stereocenters. The van der Waals surface area contributed by atoms with Gasteiger partial charge in [0.1, 0.15) is 0 Å². The summed E-state index contributed by atoms with van der Waals surface area (Å²) in [5.41, 5.74) is 0. The minimum absolute atomic E-state index is 0.0857. The Morgan fingerprint density at radius 3 is 2.57 bits per heavy atom. The third-order valence-electron chi connectivity index (χ3n) is 4.38. The Bertz CT molecular complexity index is 310. The Labute approximate surface area is 82.8 Å². The average Bonchev–Trinajstić information content (AvgIpc) is 2.45. The highest BCUT2D eigenvalue weighted by Crippen LogP contribution is 2.54. The van der Waals surface area contributed by atoms with Crippen molar-refractivity contribution in [3.05, 3.63) is 0 Å². The largest absolute Gasteiger partial charge is 0.393 e. The van der Waals surface area contributed by atoms with E-state index in [0.717, 1.165) is 19.3 Å². The summed E-state index contributed by atoms with van der Waals surface area (Å²) in [5, 5.41) is 0. The zero-order valence-corrected chi connectivity index (χ0v) is 8.23. The molecule has 0 N–H and O–H groups in total. The van der Waals surface area contributed by atoms with Gasteiger partial charge in [0.2, 0.25) is 0 Å². The van der Waals surface area contributed by atoms with Gasteiger partial charge in [0, 0.05) is 0 Å². The van der Waals surface area contributed by atoms with Crippen LogP contribution >= 0.6 is 0 Å². The predicted molar refractivity (Wildman–Crippen MR) is 48.1 cm³/mol. The zero-order valence-electron chi connectivity index (χ0n) is 8.23. The van der Waals surface area contributed by atoms with Crippen LogP contribution in [0.1, 0.15) is 26.2 Å². The molecule has 76 valence electrons. The van der Waals surface area contributed by atoms with Crippen LogP contribution in [-0.4, -0.2) is 11.9 Å². The van der Waals surface area contributed by atoms with Crippen molar-refractivity contribution in [2.45, 2.75) is 26.2 Å². The van der Waals surface area contributed by atoms with Gasteiger partial charge in [-0.3, -0.25) is 9.59 Å². The molecular formula is C11H14O3. The van der Waals surface area contributed by atoms with Gasteiger partial charge < -0.3 is 4.74 Å². The molecule has 3 aliphatic carbocycles. The van der Waals surface area contributed by atoms with Crippen molar-refractivity contribution in [3.8, 4) is 0 Å². The number of carbonyl (C=O) groups excluding carboxylic acids is 2. The Kier molecular flexibility index (Phi) is 1.56. The normalized spacial score (nSPS) is 50.5. The minimum Gasteiger partial charge on any atom is -0.393 e. The fourth-order valence-corrected chi connectivity index (χ4v) is 3.78. The van der Waals surface area contributed by atoms with Gasteiger partial charge in [0.15, 0.2) is 0 Å². The van der Waals surface area contributed by atoms with Crippen molar-refractivity contribution >= 4 is 11.9 Å². The molecule has 2 bridgehead atoms. The van der Waals surface area contributed by atoms with E-state index < -0.39 is 0 Å². The van der Waals surface area contributed by atoms with E-state index in [4.69, 9.17) is 4.74 Å². The van der Waals surface area contributed by atoms with Crippen molar-refractivity contribution < 1.29 is 14.3 Å². The van der Waals surface area contributed by atoms with Gasteiger partial charge in [-0.1, -0.05) is 6.92 Å². The lowest BCUT2D eigenvalue weighted by molar-refractivity contribution is -0.154. The smallest absolute Gasteiger partial charge is 0.317 e. The van der Waals surface area contributed by atoms with Crippen LogP contribution in [0.4, 0.5) is 0 Å². The van der Waals surface area contributed by atoms with E-state index in [1.807, 2.05) is 0 Å². The molecule has 3 heteroatoms. The number of hydrogen-bond acceptors (Lipinski definition) is 3. The number of rotatable bonds is 0. The Morgan fingerprint density at radius 1 is 1.14 bits per heavy atom. The van der Waals surface area contributed by atoms with Crippen molar-refractivity contribution in [2.75, 3.05) is 0 Å². The lowest BCUT2D eigenvalue weighted by Gasteiger charge is -2.46. The van der Waals surface area contributed by atoms with Crippen LogP contribution in [0.2, 0.25) is 0 Å². The molecule has 0 aromatic carbocycles. The third kappa shape index (κ3) is 0.877. The molecule has 3 saturated carbocycles. The fraction of sp³-hybridized carbons (Fsp3) is 0.818. The molecule has 4 aliphatic rings. The number of esters is 2. The van der Waals surface area contributed by atoms with Crippen molar-refractivity contribution in [2.24, 2.45) is 29.6 Å². The second-order valence-corrected chi connectivity index (χ2v) is 5.01. The number of ether oxygens (including phenoxy) is 1. The molecule has 0 aromatic heterocycles. The highest BCUT2D eigenvalue weighted by Gasteiger charge is 2.58. The monoisotopic (exact) mass is 194 g/mol. The summed E-state index contributed by atoms with van der Waals surface area (Å²) in [6.07, 6.45) is 3.32. The van der Waals surface area contributed by atoms with Crippen LogP contribution in [0.3, 0.4) is 0 Å². The summed E-state index contributed by atoms with van der Waals surface area (Å²) in [7, 11) is 0. The number of carbonyl (C=O) groups is 2. The molecule has 1 saturated heterocycles. The van der Waals surface area contributed by atoms with E-state index in [1.165, 1.54) is 0 Å². The summed E-state index contributed by atoms with van der Waals surface area (Å²) >= 11 is 0. The molecule has 1 heterocycles. The highest BCUT2D eigenvalue weighted by molar-refractivity contribution is 5.97. The molecule has 4 rings (SSSR count). The van der Waals surface area contributed by atoms with Gasteiger partial charge in [0.25, 0.3) is 0 Å². The molecule has 1 aliphatic heterocycles. The highest BCUT2D eigenvalue weighted by atomic mass is 16.6. The van der Waals surface area contributed by atoms with Crippen LogP contribution in [0.5, 0.6) is 0 Å². The van der Waals surface area contributed by atoms with E-state index in [2.05, 4.69) is 6.92 Å². The fourth-order valence-electron chi connectivity index (χ4n) is 3.78. The first-order valence-corrected chi connectivity index (χ1v) is 5.44. The number of cyclic esters (lactones) is 2. The predicted octanol–water partition coefficient (Wildman–Crippen LogP) is 1.37. The molecular weight excluding hydrogens is 180 g/mol. The van der Waals surface area contributed by atoms with Crippen LogP contribution < -0.4 is 0 Å². The first-order valence-electron chi connectivity index (χ1n) is 5.44. The van der Waals surface area contributed by atoms with E-state index in [0.29, 0.717) is 17.8 Å². The maximum absolute atomic E-state index is 11.5. The SMILES string of the molecule is C[C@H]1CC2CCC1[C@H]1C(=O)OC(=O)[C@@H]21. The van der Waals surface area contributed by atoms with E-state index in [1.54, 1.807) is 0 Å². The standard InChI is InChI=1S/C11H14O3/c1-5-4-6-2-3-7(5)9-8(6)10(12)14-11(9)13/h5-9H,2-4H2,1H3/t5-,6?,7?,8-,9+/m0/s1. The van der Waals surface area contributed by atoms with Crippen LogP contribution in [0, 0.1) is 29.6 Å². The molecule has 4 fully saturated rings. The van der Waals surface area contributed by atoms with Crippen molar-refractivity contribution in [1.29, 1.82) is 0 Å². The van der Waals surface area contributed by atoms with Gasteiger partial charge in [-0.25, -0.2) is 0 Å². The minimum atomic E-state index is -0.249. The topological polar surface area (TPSA) is 43.4 Å². The first-order chi connectivity index (χ1) is 6.68. The molecule has 0 radical (unpaired) electrons. The van der Waals surface area contributed by atoms with Gasteiger partial charge in [0.05, 0.1) is 11.8 Å². The summed E-state index contributed by atoms with van der Waals surface area (Å²) in [6.45, 7) is 2.20. The lowest BCUT2D eigenvalue weighted by atomic mass is 9.56. The first kappa shape index (κ1) is 8.45. The number of fused-ring (bicyclic) bond motifs is 2. The van der Waals surface area contributed by atoms with E-state index in [9.17, 15) is 9.59 Å². The maximum atomic E-state index is 11.5. The third-order valence-corrected chi connectivity index (χ3v) is 4.38. The van der Waals surface area contributed by atoms with Crippen molar-refractivity contribution in [1.82, 2.24) is 0 Å². The van der Waals surface area contributed by atoms with Gasteiger partial charge in [-0.2, -0.15) is 0 Å². The quantitative estimate of drug-likeness (QED) is 0.432. The molecule has 3 nitrogen and oxygen atoms in total. The second kappa shape index (κ2) is 2.59. The summed E-state index contributed by atoms with van der Waals surface area (Å²) in [4.78, 5) is 23.0. The van der Waals surface area contributed by atoms with Gasteiger partial charge >= 0.3 is 11.9 Å². The Morgan fingerprint density at radius 2 is 1.86 bits per heavy atom. The summed E-state index contributed by atoms with van der Waals surface area (Å²) < 4.78 is 4.76. The zero-order chi connectivity index (χ0) is 9.87. The maximum Gasteiger partial charge on any atom is 0.317 e. The molecule has 0 spiro atoms. The average molecular weight is 194 g/mol. The molecule has 2 unspecified atom stereocenters. The Hall–Kier alpha value is -0.860. The lowest BCUT2D eigenvalue weighted by Crippen LogP contribution is -2.45. The van der Waals surface area contributed by atoms with Crippen LogP contribution in [0.15, 0.2) is 0 Å². The molecule has 0 amide bonds. The summed E-state index contributed by atoms with van der Waals surface area (Å²) in [5.74, 6) is 0.738. The van der Waals surface area contributed by atoms with E-state index in [-0.39, 0.29) is 23.8 Å². The van der Waals surface area contributed by atoms with Gasteiger partial charge in [-0.05, 0) is 37.0 Å². The van der Waals surface area contributed by atoms with Crippen LogP contribution in [-0.2, 0) is 14.3 Å². The second-order valence-electron chi connectivity index (χ2n) is 5.01.